The minimum absolute atomic E-state index is 0.0459. The lowest BCUT2D eigenvalue weighted by Gasteiger charge is -2.47. The van der Waals surface area contributed by atoms with Gasteiger partial charge in [0, 0.05) is 18.5 Å². The number of likely N-dealkylation sites (tertiary alicyclic amines) is 1. The minimum atomic E-state index is -0.339. The summed E-state index contributed by atoms with van der Waals surface area (Å²) in [5, 5.41) is 3.05. The summed E-state index contributed by atoms with van der Waals surface area (Å²) in [7, 11) is 2.17. The standard InChI is InChI=1S/C22H30N2O2/c1-18-13-14-24(2)17-22(18,20-11-7-4-8-12-20)16-23-21(25)26-15-19-9-5-3-6-10-19/h3,5-7,9-12,18H,4,8,13-17H2,1-2H3,(H,23,25). The molecule has 0 radical (unpaired) electrons. The number of benzene rings is 1. The van der Waals surface area contributed by atoms with Gasteiger partial charge in [-0.3, -0.25) is 0 Å². The Labute approximate surface area is 156 Å². The maximum absolute atomic E-state index is 12.3. The first-order chi connectivity index (χ1) is 12.6. The number of amides is 1. The van der Waals surface area contributed by atoms with Crippen LogP contribution in [0.3, 0.4) is 0 Å². The lowest BCUT2D eigenvalue weighted by atomic mass is 9.66. The number of hydrogen-bond donors (Lipinski definition) is 1. The average Bonchev–Trinajstić information content (AvgIpc) is 2.68. The second kappa shape index (κ2) is 8.54. The van der Waals surface area contributed by atoms with E-state index in [9.17, 15) is 4.79 Å². The van der Waals surface area contributed by atoms with Crippen LogP contribution >= 0.6 is 0 Å². The van der Waals surface area contributed by atoms with E-state index in [2.05, 4.69) is 42.4 Å². The molecule has 1 fully saturated rings. The van der Waals surface area contributed by atoms with Crippen LogP contribution in [0.4, 0.5) is 4.79 Å². The zero-order chi connectivity index (χ0) is 18.4. The van der Waals surface area contributed by atoms with E-state index in [0.717, 1.165) is 37.9 Å². The molecule has 0 saturated carbocycles. The number of allylic oxidation sites excluding steroid dienone is 3. The van der Waals surface area contributed by atoms with Crippen molar-refractivity contribution in [3.05, 3.63) is 59.7 Å². The second-order valence-electron chi connectivity index (χ2n) is 7.64. The Morgan fingerprint density at radius 1 is 1.31 bits per heavy atom. The molecule has 1 heterocycles. The van der Waals surface area contributed by atoms with Gasteiger partial charge >= 0.3 is 6.09 Å². The molecule has 26 heavy (non-hydrogen) atoms. The molecule has 0 spiro atoms. The highest BCUT2D eigenvalue weighted by Gasteiger charge is 2.42. The largest absolute Gasteiger partial charge is 0.445 e. The average molecular weight is 354 g/mol. The van der Waals surface area contributed by atoms with Crippen LogP contribution in [0, 0.1) is 11.3 Å². The summed E-state index contributed by atoms with van der Waals surface area (Å²) < 4.78 is 5.41. The molecule has 0 aromatic heterocycles. The molecule has 0 bridgehead atoms. The van der Waals surface area contributed by atoms with Gasteiger partial charge in [-0.05, 0) is 49.9 Å². The number of carbonyl (C=O) groups is 1. The highest BCUT2D eigenvalue weighted by molar-refractivity contribution is 5.67. The second-order valence-corrected chi connectivity index (χ2v) is 7.64. The Morgan fingerprint density at radius 2 is 2.12 bits per heavy atom. The Morgan fingerprint density at radius 3 is 2.85 bits per heavy atom. The lowest BCUT2D eigenvalue weighted by molar-refractivity contribution is 0.0772. The van der Waals surface area contributed by atoms with Crippen LogP contribution < -0.4 is 5.32 Å². The summed E-state index contributed by atoms with van der Waals surface area (Å²) in [6.45, 7) is 5.30. The van der Waals surface area contributed by atoms with E-state index in [0.29, 0.717) is 19.1 Å². The highest BCUT2D eigenvalue weighted by atomic mass is 16.5. The topological polar surface area (TPSA) is 41.6 Å². The molecule has 1 saturated heterocycles. The molecule has 140 valence electrons. The summed E-state index contributed by atoms with van der Waals surface area (Å²) >= 11 is 0. The summed E-state index contributed by atoms with van der Waals surface area (Å²) in [6, 6.07) is 9.79. The van der Waals surface area contributed by atoms with Gasteiger partial charge in [-0.15, -0.1) is 0 Å². The number of rotatable bonds is 5. The molecule has 1 aromatic rings. The minimum Gasteiger partial charge on any atom is -0.445 e. The Kier molecular flexibility index (Phi) is 6.15. The summed E-state index contributed by atoms with van der Waals surface area (Å²) in [5.74, 6) is 0.516. The van der Waals surface area contributed by atoms with Gasteiger partial charge in [0.1, 0.15) is 6.61 Å². The van der Waals surface area contributed by atoms with Gasteiger partial charge in [0.05, 0.1) is 0 Å². The van der Waals surface area contributed by atoms with Crippen molar-refractivity contribution in [3.63, 3.8) is 0 Å². The van der Waals surface area contributed by atoms with Gasteiger partial charge in [0.2, 0.25) is 0 Å². The van der Waals surface area contributed by atoms with Gasteiger partial charge < -0.3 is 15.0 Å². The molecule has 3 rings (SSSR count). The van der Waals surface area contributed by atoms with Crippen molar-refractivity contribution in [2.75, 3.05) is 26.7 Å². The molecule has 2 unspecified atom stereocenters. The maximum Gasteiger partial charge on any atom is 0.407 e. The summed E-state index contributed by atoms with van der Waals surface area (Å²) in [5.41, 5.74) is 2.32. The van der Waals surface area contributed by atoms with E-state index in [1.165, 1.54) is 5.57 Å². The number of hydrogen-bond acceptors (Lipinski definition) is 3. The zero-order valence-electron chi connectivity index (χ0n) is 15.9. The normalized spacial score (nSPS) is 26.2. The van der Waals surface area contributed by atoms with Crippen LogP contribution in [0.25, 0.3) is 0 Å². The van der Waals surface area contributed by atoms with Gasteiger partial charge in [0.15, 0.2) is 0 Å². The smallest absolute Gasteiger partial charge is 0.407 e. The van der Waals surface area contributed by atoms with Crippen LogP contribution in [0.5, 0.6) is 0 Å². The molecule has 1 aromatic carbocycles. The van der Waals surface area contributed by atoms with Crippen LogP contribution in [0.1, 0.15) is 31.7 Å². The van der Waals surface area contributed by atoms with Crippen molar-refractivity contribution >= 4 is 6.09 Å². The molecule has 4 nitrogen and oxygen atoms in total. The van der Waals surface area contributed by atoms with Crippen molar-refractivity contribution in [1.29, 1.82) is 0 Å². The fraction of sp³-hybridized carbons (Fsp3) is 0.500. The molecule has 2 aliphatic rings. The Balaban J connectivity index is 1.65. The third kappa shape index (κ3) is 4.36. The van der Waals surface area contributed by atoms with E-state index < -0.39 is 0 Å². The third-order valence-corrected chi connectivity index (χ3v) is 5.77. The van der Waals surface area contributed by atoms with Gasteiger partial charge in [-0.2, -0.15) is 0 Å². The van der Waals surface area contributed by atoms with Crippen molar-refractivity contribution in [2.45, 2.75) is 32.8 Å². The number of alkyl carbamates (subject to hydrolysis) is 1. The van der Waals surface area contributed by atoms with Crippen LogP contribution in [0.15, 0.2) is 54.1 Å². The van der Waals surface area contributed by atoms with E-state index in [1.54, 1.807) is 0 Å². The molecule has 1 amide bonds. The zero-order valence-corrected chi connectivity index (χ0v) is 15.9. The molecule has 2 atom stereocenters. The van der Waals surface area contributed by atoms with Gasteiger partial charge in [0.25, 0.3) is 0 Å². The van der Waals surface area contributed by atoms with Gasteiger partial charge in [-0.1, -0.05) is 55.5 Å². The number of carbonyl (C=O) groups excluding carboxylic acids is 1. The quantitative estimate of drug-likeness (QED) is 0.864. The van der Waals surface area contributed by atoms with Crippen molar-refractivity contribution in [3.8, 4) is 0 Å². The number of nitrogens with zero attached hydrogens (tertiary/aromatic N) is 1. The Hall–Kier alpha value is -2.07. The molecule has 1 aliphatic heterocycles. The fourth-order valence-corrected chi connectivity index (χ4v) is 4.10. The number of nitrogens with one attached hydrogen (secondary N) is 1. The van der Waals surface area contributed by atoms with Crippen LogP contribution in [-0.4, -0.2) is 37.7 Å². The lowest BCUT2D eigenvalue weighted by Crippen LogP contribution is -2.53. The van der Waals surface area contributed by atoms with E-state index in [1.807, 2.05) is 30.3 Å². The molecular weight excluding hydrogens is 324 g/mol. The predicted molar refractivity (Wildman–Crippen MR) is 105 cm³/mol. The monoisotopic (exact) mass is 354 g/mol. The van der Waals surface area contributed by atoms with E-state index in [4.69, 9.17) is 4.74 Å². The predicted octanol–water partition coefficient (Wildman–Crippen LogP) is 4.15. The molecule has 1 N–H and O–H groups in total. The van der Waals surface area contributed by atoms with Gasteiger partial charge in [-0.25, -0.2) is 4.79 Å². The SMILES string of the molecule is CC1CCN(C)CC1(CNC(=O)OCc1ccccc1)C1=CCCC=C1. The first-order valence-corrected chi connectivity index (χ1v) is 9.60. The van der Waals surface area contributed by atoms with Crippen molar-refractivity contribution in [2.24, 2.45) is 11.3 Å². The van der Waals surface area contributed by atoms with E-state index >= 15 is 0 Å². The fourth-order valence-electron chi connectivity index (χ4n) is 4.10. The third-order valence-electron chi connectivity index (χ3n) is 5.77. The summed E-state index contributed by atoms with van der Waals surface area (Å²) in [4.78, 5) is 14.7. The number of ether oxygens (including phenoxy) is 1. The highest BCUT2D eigenvalue weighted by Crippen LogP contribution is 2.42. The van der Waals surface area contributed by atoms with Crippen molar-refractivity contribution < 1.29 is 9.53 Å². The molecular formula is C22H30N2O2. The maximum atomic E-state index is 12.3. The number of piperidine rings is 1. The first kappa shape index (κ1) is 18.7. The van der Waals surface area contributed by atoms with Crippen LogP contribution in [0.2, 0.25) is 0 Å². The molecule has 1 aliphatic carbocycles. The summed E-state index contributed by atoms with van der Waals surface area (Å²) in [6.07, 6.45) is 9.87. The Bertz CT molecular complexity index is 668. The van der Waals surface area contributed by atoms with Crippen LogP contribution in [-0.2, 0) is 11.3 Å². The molecule has 4 heteroatoms. The first-order valence-electron chi connectivity index (χ1n) is 9.60. The van der Waals surface area contributed by atoms with E-state index in [-0.39, 0.29) is 11.5 Å². The van der Waals surface area contributed by atoms with Crippen molar-refractivity contribution in [1.82, 2.24) is 10.2 Å².